The van der Waals surface area contributed by atoms with E-state index in [9.17, 15) is 43.2 Å². The zero-order valence-electron chi connectivity index (χ0n) is 63.7. The Bertz CT molecular complexity index is 1900. The summed E-state index contributed by atoms with van der Waals surface area (Å²) < 4.78 is 68.6. The highest BCUT2D eigenvalue weighted by Gasteiger charge is 2.30. The lowest BCUT2D eigenvalue weighted by molar-refractivity contribution is -0.161. The third kappa shape index (κ3) is 70.9. The average Bonchev–Trinajstić information content (AvgIpc) is 1.19. The first-order chi connectivity index (χ1) is 46.6. The van der Waals surface area contributed by atoms with Gasteiger partial charge in [0.1, 0.15) is 19.3 Å². The molecule has 0 saturated carbocycles. The van der Waals surface area contributed by atoms with Crippen LogP contribution in [0.4, 0.5) is 0 Å². The summed E-state index contributed by atoms with van der Waals surface area (Å²) in [5.74, 6) is 0.948. The van der Waals surface area contributed by atoms with Crippen LogP contribution in [0.5, 0.6) is 0 Å². The van der Waals surface area contributed by atoms with Crippen molar-refractivity contribution in [3.05, 3.63) is 0 Å². The molecule has 0 aliphatic carbocycles. The van der Waals surface area contributed by atoms with Crippen molar-refractivity contribution in [2.75, 3.05) is 39.6 Å². The quantitative estimate of drug-likeness (QED) is 0.0222. The Balaban J connectivity index is 5.19. The number of phosphoric acid groups is 2. The van der Waals surface area contributed by atoms with Crippen LogP contribution in [-0.4, -0.2) is 96.7 Å². The smallest absolute Gasteiger partial charge is 0.462 e. The first kappa shape index (κ1) is 95.1. The largest absolute Gasteiger partial charge is 0.472 e. The second kappa shape index (κ2) is 67.2. The predicted octanol–water partition coefficient (Wildman–Crippen LogP) is 22.8. The van der Waals surface area contributed by atoms with Crippen molar-refractivity contribution in [3.8, 4) is 0 Å². The van der Waals surface area contributed by atoms with Gasteiger partial charge in [0, 0.05) is 25.7 Å². The number of ether oxygens (including phenoxy) is 4. The van der Waals surface area contributed by atoms with Crippen molar-refractivity contribution in [3.63, 3.8) is 0 Å². The summed E-state index contributed by atoms with van der Waals surface area (Å²) in [5, 5.41) is 10.6. The van der Waals surface area contributed by atoms with E-state index in [0.717, 1.165) is 114 Å². The fraction of sp³-hybridized carbons (Fsp3) is 0.949. The number of unbranched alkanes of at least 4 members (excludes halogenated alkanes) is 40. The summed E-state index contributed by atoms with van der Waals surface area (Å²) in [7, 11) is -9.92. The van der Waals surface area contributed by atoms with Crippen LogP contribution in [0.1, 0.15) is 396 Å². The van der Waals surface area contributed by atoms with E-state index in [1.54, 1.807) is 0 Å². The minimum absolute atomic E-state index is 0.105. The highest BCUT2D eigenvalue weighted by atomic mass is 31.2. The Kier molecular flexibility index (Phi) is 65.9. The van der Waals surface area contributed by atoms with E-state index in [0.29, 0.717) is 31.6 Å². The highest BCUT2D eigenvalue weighted by Crippen LogP contribution is 2.45. The maximum atomic E-state index is 13.1. The van der Waals surface area contributed by atoms with Gasteiger partial charge in [-0.2, -0.15) is 0 Å². The number of aliphatic hydroxyl groups is 1. The molecule has 576 valence electrons. The van der Waals surface area contributed by atoms with Gasteiger partial charge in [0.05, 0.1) is 26.4 Å². The Morgan fingerprint density at radius 3 is 0.732 bits per heavy atom. The molecule has 0 amide bonds. The standard InChI is InChI=1S/C78H152O17P2/c1-9-71(8)57-49-41-32-26-20-16-13-14-17-21-27-33-42-50-58-75(80)88-64-73(94-78(83)61-53-45-35-29-23-25-31-39-47-55-69(4)5)66-92-96(84,85)90-62-72(79)63-91-97(86,87)93-67-74(65-89-76(81)59-51-43-37-36-40-48-56-70(6)7)95-77(82)60-52-44-34-28-22-18-12-10-11-15-19-24-30-38-46-54-68(2)3/h68-74,79H,9-67H2,1-8H3,(H,84,85)(H,86,87)/t71?,72?,73-,74-/m1/s1. The molecule has 0 aromatic carbocycles. The lowest BCUT2D eigenvalue weighted by atomic mass is 9.99. The lowest BCUT2D eigenvalue weighted by Gasteiger charge is -2.21. The van der Waals surface area contributed by atoms with Gasteiger partial charge in [-0.25, -0.2) is 9.13 Å². The number of phosphoric ester groups is 2. The Morgan fingerprint density at radius 2 is 0.495 bits per heavy atom. The summed E-state index contributed by atoms with van der Waals surface area (Å²) >= 11 is 0. The molecule has 6 atom stereocenters. The molecule has 0 rings (SSSR count). The topological polar surface area (TPSA) is 237 Å². The van der Waals surface area contributed by atoms with Crippen LogP contribution in [0.2, 0.25) is 0 Å². The van der Waals surface area contributed by atoms with Crippen LogP contribution in [-0.2, 0) is 65.4 Å². The van der Waals surface area contributed by atoms with Gasteiger partial charge >= 0.3 is 39.5 Å². The van der Waals surface area contributed by atoms with E-state index >= 15 is 0 Å². The molecule has 19 heteroatoms. The highest BCUT2D eigenvalue weighted by molar-refractivity contribution is 7.47. The fourth-order valence-electron chi connectivity index (χ4n) is 11.9. The molecule has 97 heavy (non-hydrogen) atoms. The fourth-order valence-corrected chi connectivity index (χ4v) is 13.5. The number of hydrogen-bond donors (Lipinski definition) is 3. The van der Waals surface area contributed by atoms with Crippen molar-refractivity contribution in [2.45, 2.75) is 414 Å². The molecule has 0 bridgehead atoms. The van der Waals surface area contributed by atoms with Crippen LogP contribution >= 0.6 is 15.6 Å². The van der Waals surface area contributed by atoms with Gasteiger partial charge in [0.25, 0.3) is 0 Å². The average molecular weight is 1420 g/mol. The number of carbonyl (C=O) groups excluding carboxylic acids is 4. The molecule has 4 unspecified atom stereocenters. The van der Waals surface area contributed by atoms with Gasteiger partial charge < -0.3 is 33.8 Å². The van der Waals surface area contributed by atoms with Crippen LogP contribution in [0.15, 0.2) is 0 Å². The van der Waals surface area contributed by atoms with E-state index in [1.807, 2.05) is 0 Å². The molecule has 3 N–H and O–H groups in total. The zero-order chi connectivity index (χ0) is 71.7. The van der Waals surface area contributed by atoms with Crippen molar-refractivity contribution in [1.29, 1.82) is 0 Å². The summed E-state index contributed by atoms with van der Waals surface area (Å²) in [6.07, 6.45) is 52.9. The minimum atomic E-state index is -4.96. The molecule has 0 aliphatic heterocycles. The number of carbonyl (C=O) groups is 4. The molecular formula is C78H152O17P2. The lowest BCUT2D eigenvalue weighted by Crippen LogP contribution is -2.30. The van der Waals surface area contributed by atoms with Crippen LogP contribution in [0.25, 0.3) is 0 Å². The molecule has 0 aromatic heterocycles. The van der Waals surface area contributed by atoms with Crippen LogP contribution in [0.3, 0.4) is 0 Å². The first-order valence-corrected chi connectivity index (χ1v) is 43.2. The maximum absolute atomic E-state index is 13.1. The van der Waals surface area contributed by atoms with Gasteiger partial charge in [-0.15, -0.1) is 0 Å². The zero-order valence-corrected chi connectivity index (χ0v) is 65.5. The summed E-state index contributed by atoms with van der Waals surface area (Å²) in [5.41, 5.74) is 0. The minimum Gasteiger partial charge on any atom is -0.462 e. The monoisotopic (exact) mass is 1420 g/mol. The normalized spacial score (nSPS) is 14.4. The van der Waals surface area contributed by atoms with Gasteiger partial charge in [-0.1, -0.05) is 344 Å². The predicted molar refractivity (Wildman–Crippen MR) is 395 cm³/mol. The number of rotatable bonds is 75. The summed E-state index contributed by atoms with van der Waals surface area (Å²) in [6, 6.07) is 0. The van der Waals surface area contributed by atoms with E-state index in [4.69, 9.17) is 37.0 Å². The Morgan fingerprint density at radius 1 is 0.289 bits per heavy atom. The molecular weight excluding hydrogens is 1270 g/mol. The second-order valence-corrected chi connectivity index (χ2v) is 32.7. The third-order valence-corrected chi connectivity index (χ3v) is 20.3. The molecule has 0 radical (unpaired) electrons. The summed E-state index contributed by atoms with van der Waals surface area (Å²) in [4.78, 5) is 72.8. The molecule has 0 fully saturated rings. The molecule has 0 heterocycles. The van der Waals surface area contributed by atoms with Gasteiger partial charge in [-0.05, 0) is 49.4 Å². The molecule has 17 nitrogen and oxygen atoms in total. The number of hydrogen-bond acceptors (Lipinski definition) is 15. The van der Waals surface area contributed by atoms with Gasteiger partial charge in [0.2, 0.25) is 0 Å². The van der Waals surface area contributed by atoms with E-state index in [2.05, 4.69) is 55.4 Å². The third-order valence-electron chi connectivity index (χ3n) is 18.4. The van der Waals surface area contributed by atoms with Crippen molar-refractivity contribution >= 4 is 39.5 Å². The van der Waals surface area contributed by atoms with Crippen molar-refractivity contribution < 1.29 is 80.2 Å². The van der Waals surface area contributed by atoms with Crippen LogP contribution < -0.4 is 0 Å². The first-order valence-electron chi connectivity index (χ1n) is 40.2. The van der Waals surface area contributed by atoms with E-state index in [1.165, 1.54) is 193 Å². The van der Waals surface area contributed by atoms with Gasteiger partial charge in [-0.3, -0.25) is 37.3 Å². The maximum Gasteiger partial charge on any atom is 0.472 e. The Labute approximate surface area is 594 Å². The van der Waals surface area contributed by atoms with E-state index in [-0.39, 0.29) is 25.7 Å². The van der Waals surface area contributed by atoms with Crippen molar-refractivity contribution in [2.24, 2.45) is 23.7 Å². The van der Waals surface area contributed by atoms with Crippen molar-refractivity contribution in [1.82, 2.24) is 0 Å². The Hall–Kier alpha value is -1.94. The second-order valence-electron chi connectivity index (χ2n) is 29.8. The number of aliphatic hydroxyl groups excluding tert-OH is 1. The van der Waals surface area contributed by atoms with Crippen LogP contribution in [0, 0.1) is 23.7 Å². The van der Waals surface area contributed by atoms with Gasteiger partial charge in [0.15, 0.2) is 12.2 Å². The number of esters is 4. The molecule has 0 spiro atoms. The molecule has 0 saturated heterocycles. The molecule has 0 aromatic rings. The SMILES string of the molecule is CCC(C)CCCCCCCCCCCCCCCCC(=O)OC[C@H](COP(=O)(O)OCC(O)COP(=O)(O)OC[C@@H](COC(=O)CCCCCCCCC(C)C)OC(=O)CCCCCCCCCCCCCCCCCC(C)C)OC(=O)CCCCCCCCCCCC(C)C. The molecule has 0 aliphatic rings. The van der Waals surface area contributed by atoms with E-state index < -0.39 is 97.5 Å². The summed E-state index contributed by atoms with van der Waals surface area (Å²) in [6.45, 7) is 14.2.